The van der Waals surface area contributed by atoms with Gasteiger partial charge in [-0.25, -0.2) is 0 Å². The van der Waals surface area contributed by atoms with Crippen LogP contribution in [0.25, 0.3) is 0 Å². The molecule has 5 heteroatoms. The van der Waals surface area contributed by atoms with Crippen molar-refractivity contribution in [3.8, 4) is 0 Å². The summed E-state index contributed by atoms with van der Waals surface area (Å²) >= 11 is 0. The number of nitrogens with zero attached hydrogens (tertiary/aromatic N) is 2. The summed E-state index contributed by atoms with van der Waals surface area (Å²) in [5, 5.41) is 14.9. The van der Waals surface area contributed by atoms with E-state index in [4.69, 9.17) is 0 Å². The largest absolute Gasteiger partial charge is 0.278 e. The first-order chi connectivity index (χ1) is 9.58. The maximum absolute atomic E-state index is 10.9. The molecule has 20 heavy (non-hydrogen) atoms. The van der Waals surface area contributed by atoms with Gasteiger partial charge in [0.2, 0.25) is 0 Å². The van der Waals surface area contributed by atoms with Crippen LogP contribution >= 0.6 is 0 Å². The molecule has 1 N–H and O–H groups in total. The van der Waals surface area contributed by atoms with E-state index < -0.39 is 4.92 Å². The predicted octanol–water partition coefficient (Wildman–Crippen LogP) is 3.66. The molecule has 0 aliphatic rings. The van der Waals surface area contributed by atoms with E-state index in [9.17, 15) is 10.1 Å². The monoisotopic (exact) mass is 269 g/mol. The van der Waals surface area contributed by atoms with Gasteiger partial charge in [0.15, 0.2) is 0 Å². The van der Waals surface area contributed by atoms with Crippen LogP contribution in [-0.2, 0) is 0 Å². The smallest absolute Gasteiger partial charge is 0.278 e. The van der Waals surface area contributed by atoms with E-state index in [2.05, 4.69) is 10.5 Å². The van der Waals surface area contributed by atoms with Crippen molar-refractivity contribution >= 4 is 17.6 Å². The van der Waals surface area contributed by atoms with Crippen LogP contribution in [0.2, 0.25) is 0 Å². The summed E-state index contributed by atoms with van der Waals surface area (Å²) in [6.07, 6.45) is 1.45. The van der Waals surface area contributed by atoms with E-state index in [0.29, 0.717) is 5.56 Å². The van der Waals surface area contributed by atoms with Crippen molar-refractivity contribution in [1.82, 2.24) is 0 Å². The molecule has 0 aliphatic carbocycles. The highest BCUT2D eigenvalue weighted by atomic mass is 16.6. The van der Waals surface area contributed by atoms with Gasteiger partial charge >= 0.3 is 0 Å². The first-order valence-corrected chi connectivity index (χ1v) is 6.17. The zero-order chi connectivity index (χ0) is 14.5. The minimum atomic E-state index is -0.419. The van der Waals surface area contributed by atoms with Crippen molar-refractivity contribution in [2.45, 2.75) is 13.8 Å². The molecule has 0 saturated heterocycles. The lowest BCUT2D eigenvalue weighted by atomic mass is 10.1. The van der Waals surface area contributed by atoms with Crippen molar-refractivity contribution < 1.29 is 4.92 Å². The Kier molecular flexibility index (Phi) is 4.10. The number of rotatable bonds is 4. The molecule has 5 nitrogen and oxygen atoms in total. The molecule has 0 aliphatic heterocycles. The van der Waals surface area contributed by atoms with Gasteiger partial charge in [0.05, 0.1) is 22.4 Å². The number of para-hydroxylation sites is 1. The highest BCUT2D eigenvalue weighted by Crippen LogP contribution is 2.16. The van der Waals surface area contributed by atoms with Crippen molar-refractivity contribution in [2.24, 2.45) is 5.10 Å². The second-order valence-electron chi connectivity index (χ2n) is 4.48. The molecule has 0 saturated carbocycles. The highest BCUT2D eigenvalue weighted by molar-refractivity contribution is 5.85. The zero-order valence-corrected chi connectivity index (χ0v) is 11.3. The maximum atomic E-state index is 10.9. The second-order valence-corrected chi connectivity index (χ2v) is 4.48. The number of nitro groups is 1. The van der Waals surface area contributed by atoms with Crippen LogP contribution in [0.4, 0.5) is 11.4 Å². The van der Waals surface area contributed by atoms with Gasteiger partial charge in [-0.2, -0.15) is 5.10 Å². The first kappa shape index (κ1) is 13.7. The molecule has 0 bridgehead atoms. The van der Waals surface area contributed by atoms with E-state index in [-0.39, 0.29) is 5.69 Å². The van der Waals surface area contributed by atoms with Gasteiger partial charge in [-0.05, 0) is 43.2 Å². The fourth-order valence-electron chi connectivity index (χ4n) is 1.75. The number of benzene rings is 2. The molecular weight excluding hydrogens is 254 g/mol. The van der Waals surface area contributed by atoms with Gasteiger partial charge < -0.3 is 0 Å². The average Bonchev–Trinajstić information content (AvgIpc) is 2.43. The lowest BCUT2D eigenvalue weighted by Crippen LogP contribution is -1.96. The summed E-state index contributed by atoms with van der Waals surface area (Å²) in [7, 11) is 0. The Morgan fingerprint density at radius 2 is 1.90 bits per heavy atom. The van der Waals surface area contributed by atoms with E-state index in [1.807, 2.05) is 32.0 Å². The van der Waals surface area contributed by atoms with Crippen LogP contribution in [0, 0.1) is 24.0 Å². The van der Waals surface area contributed by atoms with Gasteiger partial charge in [-0.15, -0.1) is 0 Å². The number of nitro benzene ring substituents is 1. The third-order valence-electron chi connectivity index (χ3n) is 3.04. The molecule has 102 valence electrons. The Balaban J connectivity index is 2.14. The van der Waals surface area contributed by atoms with Gasteiger partial charge in [0.1, 0.15) is 0 Å². The van der Waals surface area contributed by atoms with Gasteiger partial charge in [0, 0.05) is 6.07 Å². The van der Waals surface area contributed by atoms with Crippen LogP contribution in [-0.4, -0.2) is 11.1 Å². The van der Waals surface area contributed by atoms with Crippen LogP contribution < -0.4 is 5.43 Å². The van der Waals surface area contributed by atoms with E-state index in [1.54, 1.807) is 18.2 Å². The molecule has 0 aromatic heterocycles. The second kappa shape index (κ2) is 5.97. The van der Waals surface area contributed by atoms with Crippen LogP contribution in [0.1, 0.15) is 16.7 Å². The molecule has 0 atom stereocenters. The van der Waals surface area contributed by atoms with E-state index in [1.165, 1.54) is 17.8 Å². The summed E-state index contributed by atoms with van der Waals surface area (Å²) in [4.78, 5) is 10.4. The summed E-state index contributed by atoms with van der Waals surface area (Å²) in [6, 6.07) is 12.4. The van der Waals surface area contributed by atoms with Gasteiger partial charge in [0.25, 0.3) is 5.69 Å². The number of hydrogen-bond donors (Lipinski definition) is 1. The number of hydrazone groups is 1. The normalized spacial score (nSPS) is 10.7. The van der Waals surface area contributed by atoms with Crippen LogP contribution in [0.15, 0.2) is 47.6 Å². The Morgan fingerprint density at radius 3 is 2.60 bits per heavy atom. The zero-order valence-electron chi connectivity index (χ0n) is 11.3. The third-order valence-corrected chi connectivity index (χ3v) is 3.04. The molecule has 0 heterocycles. The molecule has 0 spiro atoms. The third kappa shape index (κ3) is 3.20. The number of hydrogen-bond acceptors (Lipinski definition) is 4. The molecule has 2 aromatic carbocycles. The Morgan fingerprint density at radius 1 is 1.15 bits per heavy atom. The Labute approximate surface area is 117 Å². The minimum absolute atomic E-state index is 0.0399. The van der Waals surface area contributed by atoms with Gasteiger partial charge in [-0.1, -0.05) is 18.2 Å². The highest BCUT2D eigenvalue weighted by Gasteiger charge is 2.09. The number of aryl methyl sites for hydroxylation is 2. The summed E-state index contributed by atoms with van der Waals surface area (Å²) in [5.41, 5.74) is 6.60. The number of nitrogens with one attached hydrogen (secondary N) is 1. The molecule has 0 radical (unpaired) electrons. The summed E-state index contributed by atoms with van der Waals surface area (Å²) in [6.45, 7) is 4.06. The van der Waals surface area contributed by atoms with Crippen molar-refractivity contribution in [3.63, 3.8) is 0 Å². The topological polar surface area (TPSA) is 67.5 Å². The van der Waals surface area contributed by atoms with Crippen molar-refractivity contribution in [1.29, 1.82) is 0 Å². The van der Waals surface area contributed by atoms with Crippen molar-refractivity contribution in [2.75, 3.05) is 5.43 Å². The lowest BCUT2D eigenvalue weighted by molar-refractivity contribution is -0.385. The molecule has 0 unspecified atom stereocenters. The number of anilines is 1. The summed E-state index contributed by atoms with van der Waals surface area (Å²) < 4.78 is 0. The van der Waals surface area contributed by atoms with Crippen molar-refractivity contribution in [3.05, 3.63) is 69.3 Å². The first-order valence-electron chi connectivity index (χ1n) is 6.17. The quantitative estimate of drug-likeness (QED) is 0.523. The average molecular weight is 269 g/mol. The lowest BCUT2D eigenvalue weighted by Gasteiger charge is -2.04. The van der Waals surface area contributed by atoms with E-state index in [0.717, 1.165) is 11.3 Å². The summed E-state index contributed by atoms with van der Waals surface area (Å²) in [5.74, 6) is 0. The molecule has 0 amide bonds. The molecule has 2 rings (SSSR count). The fraction of sp³-hybridized carbons (Fsp3) is 0.133. The van der Waals surface area contributed by atoms with Crippen LogP contribution in [0.5, 0.6) is 0 Å². The molecule has 2 aromatic rings. The minimum Gasteiger partial charge on any atom is -0.278 e. The molecular formula is C15H15N3O2. The maximum Gasteiger partial charge on any atom is 0.278 e. The van der Waals surface area contributed by atoms with E-state index >= 15 is 0 Å². The molecule has 0 fully saturated rings. The SMILES string of the molecule is Cc1ccc(N/N=C/c2ccccc2[N+](=O)[O-])cc1C. The van der Waals surface area contributed by atoms with Gasteiger partial charge in [-0.3, -0.25) is 15.5 Å². The predicted molar refractivity (Wildman–Crippen MR) is 80.2 cm³/mol. The van der Waals surface area contributed by atoms with Crippen LogP contribution in [0.3, 0.4) is 0 Å². The Bertz CT molecular complexity index is 666. The fourth-order valence-corrected chi connectivity index (χ4v) is 1.75. The standard InChI is InChI=1S/C15H15N3O2/c1-11-7-8-14(9-12(11)2)17-16-10-13-5-3-4-6-15(13)18(19)20/h3-10,17H,1-2H3/b16-10+. The Hall–Kier alpha value is -2.69.